The number of rotatable bonds is 5. The van der Waals surface area contributed by atoms with Gasteiger partial charge in [0.05, 0.1) is 11.3 Å². The van der Waals surface area contributed by atoms with Crippen molar-refractivity contribution in [1.29, 1.82) is 0 Å². The molecular weight excluding hydrogens is 258 g/mol. The maximum absolute atomic E-state index is 12.0. The van der Waals surface area contributed by atoms with E-state index in [0.29, 0.717) is 18.7 Å². The topological polar surface area (TPSA) is 86.4 Å². The van der Waals surface area contributed by atoms with Gasteiger partial charge in [0.15, 0.2) is 0 Å². The summed E-state index contributed by atoms with van der Waals surface area (Å²) in [6.07, 6.45) is 1.54. The van der Waals surface area contributed by atoms with Crippen LogP contribution in [0.25, 0.3) is 0 Å². The molecule has 0 aliphatic carbocycles. The van der Waals surface area contributed by atoms with Crippen molar-refractivity contribution in [3.05, 3.63) is 23.5 Å². The third-order valence-corrected chi connectivity index (χ3v) is 2.65. The highest BCUT2D eigenvalue weighted by atomic mass is 16.2. The molecular formula is C13H21N5O2. The van der Waals surface area contributed by atoms with Gasteiger partial charge in [-0.25, -0.2) is 4.79 Å². The van der Waals surface area contributed by atoms with Crippen molar-refractivity contribution < 1.29 is 9.59 Å². The molecule has 20 heavy (non-hydrogen) atoms. The van der Waals surface area contributed by atoms with E-state index in [9.17, 15) is 9.59 Å². The average Bonchev–Trinajstić information content (AvgIpc) is 2.42. The van der Waals surface area contributed by atoms with Gasteiger partial charge in [-0.15, -0.1) is 0 Å². The number of hydrogen-bond donors (Lipinski definition) is 3. The van der Waals surface area contributed by atoms with Crippen LogP contribution in [0.4, 0.5) is 10.5 Å². The Labute approximate surface area is 118 Å². The summed E-state index contributed by atoms with van der Waals surface area (Å²) in [4.78, 5) is 28.8. The van der Waals surface area contributed by atoms with Gasteiger partial charge in [0.1, 0.15) is 0 Å². The first-order valence-electron chi connectivity index (χ1n) is 6.33. The lowest BCUT2D eigenvalue weighted by Crippen LogP contribution is -2.39. The van der Waals surface area contributed by atoms with Crippen LogP contribution in [0, 0.1) is 6.92 Å². The summed E-state index contributed by atoms with van der Waals surface area (Å²) >= 11 is 0. The number of carbonyl (C=O) groups excluding carboxylic acids is 2. The van der Waals surface area contributed by atoms with Crippen LogP contribution in [0.3, 0.4) is 0 Å². The minimum atomic E-state index is -0.221. The molecule has 1 heterocycles. The number of urea groups is 1. The summed E-state index contributed by atoms with van der Waals surface area (Å²) in [5, 5.41) is 8.37. The van der Waals surface area contributed by atoms with Crippen LogP contribution in [-0.4, -0.2) is 56.1 Å². The van der Waals surface area contributed by atoms with Gasteiger partial charge in [0.25, 0.3) is 5.91 Å². The lowest BCUT2D eigenvalue weighted by Gasteiger charge is -2.13. The van der Waals surface area contributed by atoms with Gasteiger partial charge in [-0.05, 0) is 13.0 Å². The van der Waals surface area contributed by atoms with E-state index in [1.807, 2.05) is 13.0 Å². The third-order valence-electron chi connectivity index (χ3n) is 2.65. The Morgan fingerprint density at radius 1 is 1.25 bits per heavy atom. The van der Waals surface area contributed by atoms with Crippen molar-refractivity contribution in [3.63, 3.8) is 0 Å². The second-order valence-electron chi connectivity index (χ2n) is 4.50. The molecule has 0 bridgehead atoms. The molecule has 0 aliphatic heterocycles. The standard InChI is InChI=1S/C13H21N5O2/c1-9-7-11(14-2)10(8-17-9)12(19)15-5-6-16-13(20)18(3)4/h7-8H,5-6H2,1-4H3,(H,14,17)(H,15,19)(H,16,20). The number of anilines is 1. The molecule has 0 saturated carbocycles. The molecule has 3 amide bonds. The highest BCUT2D eigenvalue weighted by Crippen LogP contribution is 2.14. The van der Waals surface area contributed by atoms with E-state index in [1.54, 1.807) is 21.1 Å². The van der Waals surface area contributed by atoms with Crippen LogP contribution in [0.15, 0.2) is 12.3 Å². The molecule has 110 valence electrons. The van der Waals surface area contributed by atoms with Crippen LogP contribution >= 0.6 is 0 Å². The van der Waals surface area contributed by atoms with Crippen LogP contribution < -0.4 is 16.0 Å². The zero-order chi connectivity index (χ0) is 15.1. The fourth-order valence-electron chi connectivity index (χ4n) is 1.55. The predicted octanol–water partition coefficient (Wildman–Crippen LogP) is 0.433. The number of nitrogens with one attached hydrogen (secondary N) is 3. The van der Waals surface area contributed by atoms with Crippen LogP contribution in [0.1, 0.15) is 16.1 Å². The molecule has 0 aliphatic rings. The van der Waals surface area contributed by atoms with Crippen LogP contribution in [0.2, 0.25) is 0 Å². The summed E-state index contributed by atoms with van der Waals surface area (Å²) in [5.74, 6) is -0.221. The summed E-state index contributed by atoms with van der Waals surface area (Å²) in [6.45, 7) is 2.59. The monoisotopic (exact) mass is 279 g/mol. The van der Waals surface area contributed by atoms with E-state index in [2.05, 4.69) is 20.9 Å². The minimum Gasteiger partial charge on any atom is -0.387 e. The number of hydrogen-bond acceptors (Lipinski definition) is 4. The molecule has 7 heteroatoms. The molecule has 1 rings (SSSR count). The van der Waals surface area contributed by atoms with Crippen molar-refractivity contribution in [3.8, 4) is 0 Å². The van der Waals surface area contributed by atoms with Gasteiger partial charge in [-0.1, -0.05) is 0 Å². The zero-order valence-corrected chi connectivity index (χ0v) is 12.3. The zero-order valence-electron chi connectivity index (χ0n) is 12.3. The lowest BCUT2D eigenvalue weighted by molar-refractivity contribution is 0.0954. The first-order chi connectivity index (χ1) is 9.45. The van der Waals surface area contributed by atoms with E-state index in [-0.39, 0.29) is 11.9 Å². The Morgan fingerprint density at radius 3 is 2.50 bits per heavy atom. The normalized spacial score (nSPS) is 9.80. The first-order valence-corrected chi connectivity index (χ1v) is 6.33. The Hall–Kier alpha value is -2.31. The Kier molecular flexibility index (Phi) is 5.76. The van der Waals surface area contributed by atoms with Crippen molar-refractivity contribution in [1.82, 2.24) is 20.5 Å². The highest BCUT2D eigenvalue weighted by molar-refractivity contribution is 5.99. The number of aromatic nitrogens is 1. The molecule has 0 radical (unpaired) electrons. The summed E-state index contributed by atoms with van der Waals surface area (Å²) in [5.41, 5.74) is 2.05. The Morgan fingerprint density at radius 2 is 1.90 bits per heavy atom. The quantitative estimate of drug-likeness (QED) is 0.682. The Balaban J connectivity index is 2.49. The van der Waals surface area contributed by atoms with Crippen LogP contribution in [0.5, 0.6) is 0 Å². The first kappa shape index (κ1) is 15.7. The predicted molar refractivity (Wildman–Crippen MR) is 77.9 cm³/mol. The van der Waals surface area contributed by atoms with Crippen molar-refractivity contribution in [2.24, 2.45) is 0 Å². The molecule has 0 spiro atoms. The van der Waals surface area contributed by atoms with Gasteiger partial charge in [-0.2, -0.15) is 0 Å². The maximum atomic E-state index is 12.0. The number of carbonyl (C=O) groups is 2. The molecule has 1 aromatic rings. The largest absolute Gasteiger partial charge is 0.387 e. The summed E-state index contributed by atoms with van der Waals surface area (Å²) in [7, 11) is 5.07. The second kappa shape index (κ2) is 7.32. The highest BCUT2D eigenvalue weighted by Gasteiger charge is 2.11. The number of pyridine rings is 1. The van der Waals surface area contributed by atoms with Crippen molar-refractivity contribution in [2.45, 2.75) is 6.92 Å². The van der Waals surface area contributed by atoms with E-state index in [0.717, 1.165) is 11.4 Å². The van der Waals surface area contributed by atoms with E-state index in [1.165, 1.54) is 11.1 Å². The number of aryl methyl sites for hydroxylation is 1. The Bertz CT molecular complexity index is 488. The van der Waals surface area contributed by atoms with Gasteiger partial charge in [0.2, 0.25) is 0 Å². The van der Waals surface area contributed by atoms with Crippen LogP contribution in [-0.2, 0) is 0 Å². The number of amides is 3. The average molecular weight is 279 g/mol. The molecule has 0 aromatic carbocycles. The van der Waals surface area contributed by atoms with Crippen molar-refractivity contribution in [2.75, 3.05) is 39.5 Å². The summed E-state index contributed by atoms with van der Waals surface area (Å²) in [6, 6.07) is 1.62. The van der Waals surface area contributed by atoms with Crippen molar-refractivity contribution >= 4 is 17.6 Å². The van der Waals surface area contributed by atoms with E-state index < -0.39 is 0 Å². The van der Waals surface area contributed by atoms with Gasteiger partial charge < -0.3 is 20.9 Å². The van der Waals surface area contributed by atoms with E-state index >= 15 is 0 Å². The molecule has 0 atom stereocenters. The maximum Gasteiger partial charge on any atom is 0.316 e. The lowest BCUT2D eigenvalue weighted by atomic mass is 10.2. The molecule has 3 N–H and O–H groups in total. The minimum absolute atomic E-state index is 0.188. The van der Waals surface area contributed by atoms with Gasteiger partial charge >= 0.3 is 6.03 Å². The summed E-state index contributed by atoms with van der Waals surface area (Å²) < 4.78 is 0. The van der Waals surface area contributed by atoms with Gasteiger partial charge in [0, 0.05) is 46.1 Å². The number of nitrogens with zero attached hydrogens (tertiary/aromatic N) is 2. The molecule has 0 saturated heterocycles. The molecule has 7 nitrogen and oxygen atoms in total. The van der Waals surface area contributed by atoms with Gasteiger partial charge in [-0.3, -0.25) is 9.78 Å². The molecule has 0 unspecified atom stereocenters. The fraction of sp³-hybridized carbons (Fsp3) is 0.462. The fourth-order valence-corrected chi connectivity index (χ4v) is 1.55. The SMILES string of the molecule is CNc1cc(C)ncc1C(=O)NCCNC(=O)N(C)C. The third kappa shape index (κ3) is 4.42. The van der Waals surface area contributed by atoms with E-state index in [4.69, 9.17) is 0 Å². The second-order valence-corrected chi connectivity index (χ2v) is 4.50. The smallest absolute Gasteiger partial charge is 0.316 e. The molecule has 0 fully saturated rings. The molecule has 1 aromatic heterocycles.